The highest BCUT2D eigenvalue weighted by molar-refractivity contribution is 5.92. The molecule has 1 amide bonds. The fourth-order valence-corrected chi connectivity index (χ4v) is 2.22. The van der Waals surface area contributed by atoms with Crippen LogP contribution in [0.5, 0.6) is 5.75 Å². The number of amides is 1. The van der Waals surface area contributed by atoms with Crippen molar-refractivity contribution in [2.45, 2.75) is 18.9 Å². The van der Waals surface area contributed by atoms with Gasteiger partial charge in [-0.1, -0.05) is 0 Å². The van der Waals surface area contributed by atoms with E-state index in [1.807, 2.05) is 4.90 Å². The Labute approximate surface area is 112 Å². The van der Waals surface area contributed by atoms with Gasteiger partial charge in [0.25, 0.3) is 0 Å². The smallest absolute Gasteiger partial charge is 0.238 e. The van der Waals surface area contributed by atoms with E-state index in [1.54, 1.807) is 31.4 Å². The van der Waals surface area contributed by atoms with Crippen molar-refractivity contribution < 1.29 is 9.53 Å². The molecular formula is C14H17N3O2. The van der Waals surface area contributed by atoms with Gasteiger partial charge in [-0.3, -0.25) is 9.69 Å². The minimum Gasteiger partial charge on any atom is -0.497 e. The first-order valence-electron chi connectivity index (χ1n) is 6.30. The molecule has 1 atom stereocenters. The van der Waals surface area contributed by atoms with Crippen LogP contribution in [0.1, 0.15) is 12.8 Å². The maximum Gasteiger partial charge on any atom is 0.238 e. The van der Waals surface area contributed by atoms with E-state index in [1.165, 1.54) is 0 Å². The summed E-state index contributed by atoms with van der Waals surface area (Å²) in [5.41, 5.74) is 0.735. The van der Waals surface area contributed by atoms with Crippen LogP contribution in [-0.4, -0.2) is 37.0 Å². The molecule has 5 heteroatoms. The molecule has 0 bridgehead atoms. The molecule has 0 aromatic heterocycles. The quantitative estimate of drug-likeness (QED) is 0.892. The van der Waals surface area contributed by atoms with Crippen molar-refractivity contribution in [3.8, 4) is 11.8 Å². The number of anilines is 1. The van der Waals surface area contributed by atoms with Crippen LogP contribution in [0.25, 0.3) is 0 Å². The molecule has 1 aliphatic heterocycles. The Kier molecular flexibility index (Phi) is 4.37. The third-order valence-electron chi connectivity index (χ3n) is 3.23. The number of rotatable bonds is 4. The lowest BCUT2D eigenvalue weighted by molar-refractivity contribution is -0.117. The lowest BCUT2D eigenvalue weighted by Crippen LogP contribution is -2.36. The first kappa shape index (κ1) is 13.4. The molecular weight excluding hydrogens is 242 g/mol. The van der Waals surface area contributed by atoms with Gasteiger partial charge in [0, 0.05) is 12.2 Å². The van der Waals surface area contributed by atoms with E-state index in [4.69, 9.17) is 10.00 Å². The Morgan fingerprint density at radius 2 is 2.26 bits per heavy atom. The first-order chi connectivity index (χ1) is 9.22. The predicted molar refractivity (Wildman–Crippen MR) is 71.8 cm³/mol. The summed E-state index contributed by atoms with van der Waals surface area (Å²) < 4.78 is 5.05. The summed E-state index contributed by atoms with van der Waals surface area (Å²) in [6.45, 7) is 1.08. The molecule has 2 rings (SSSR count). The van der Waals surface area contributed by atoms with Gasteiger partial charge in [0.1, 0.15) is 5.75 Å². The van der Waals surface area contributed by atoms with Gasteiger partial charge < -0.3 is 10.1 Å². The molecule has 1 N–H and O–H groups in total. The van der Waals surface area contributed by atoms with Gasteiger partial charge in [-0.05, 0) is 37.1 Å². The fourth-order valence-electron chi connectivity index (χ4n) is 2.22. The van der Waals surface area contributed by atoms with E-state index in [0.29, 0.717) is 0 Å². The summed E-state index contributed by atoms with van der Waals surface area (Å²) in [5, 5.41) is 11.8. The van der Waals surface area contributed by atoms with Crippen molar-refractivity contribution in [2.75, 3.05) is 25.5 Å². The highest BCUT2D eigenvalue weighted by Gasteiger charge is 2.25. The number of hydrogen-bond acceptors (Lipinski definition) is 4. The van der Waals surface area contributed by atoms with E-state index in [9.17, 15) is 4.79 Å². The summed E-state index contributed by atoms with van der Waals surface area (Å²) >= 11 is 0. The Morgan fingerprint density at radius 1 is 1.53 bits per heavy atom. The van der Waals surface area contributed by atoms with Gasteiger partial charge in [0.05, 0.1) is 25.8 Å². The second-order valence-corrected chi connectivity index (χ2v) is 4.53. The molecule has 1 saturated heterocycles. The molecule has 100 valence electrons. The average molecular weight is 259 g/mol. The highest BCUT2D eigenvalue weighted by Crippen LogP contribution is 2.17. The van der Waals surface area contributed by atoms with Gasteiger partial charge >= 0.3 is 0 Å². The minimum absolute atomic E-state index is 0.0904. The lowest BCUT2D eigenvalue weighted by Gasteiger charge is -2.18. The van der Waals surface area contributed by atoms with E-state index in [0.717, 1.165) is 30.8 Å². The van der Waals surface area contributed by atoms with Gasteiger partial charge in [-0.25, -0.2) is 0 Å². The number of carbonyl (C=O) groups is 1. The molecule has 19 heavy (non-hydrogen) atoms. The van der Waals surface area contributed by atoms with Crippen molar-refractivity contribution in [1.29, 1.82) is 5.26 Å². The molecule has 1 aromatic carbocycles. The normalized spacial score (nSPS) is 18.8. The number of nitriles is 1. The number of carbonyl (C=O) groups excluding carboxylic acids is 1. The van der Waals surface area contributed by atoms with Crippen LogP contribution in [0.4, 0.5) is 5.69 Å². The number of likely N-dealkylation sites (tertiary alicyclic amines) is 1. The van der Waals surface area contributed by atoms with Gasteiger partial charge in [0.2, 0.25) is 5.91 Å². The number of ether oxygens (including phenoxy) is 1. The van der Waals surface area contributed by atoms with Crippen LogP contribution < -0.4 is 10.1 Å². The average Bonchev–Trinajstić information content (AvgIpc) is 2.86. The van der Waals surface area contributed by atoms with Crippen molar-refractivity contribution in [1.82, 2.24) is 4.90 Å². The SMILES string of the molecule is COc1ccc(NC(=O)CN2CCCC2C#N)cc1. The monoisotopic (exact) mass is 259 g/mol. The zero-order valence-electron chi connectivity index (χ0n) is 10.9. The molecule has 0 spiro atoms. The molecule has 1 aliphatic rings. The summed E-state index contributed by atoms with van der Waals surface area (Å²) in [6, 6.07) is 9.28. The van der Waals surface area contributed by atoms with Gasteiger partial charge in [-0.2, -0.15) is 5.26 Å². The van der Waals surface area contributed by atoms with Crippen LogP contribution in [0.15, 0.2) is 24.3 Å². The molecule has 0 aliphatic carbocycles. The van der Waals surface area contributed by atoms with Crippen LogP contribution in [-0.2, 0) is 4.79 Å². The zero-order chi connectivity index (χ0) is 13.7. The molecule has 1 heterocycles. The maximum atomic E-state index is 11.9. The number of methoxy groups -OCH3 is 1. The number of benzene rings is 1. The molecule has 0 saturated carbocycles. The van der Waals surface area contributed by atoms with Crippen molar-refractivity contribution in [3.05, 3.63) is 24.3 Å². The van der Waals surface area contributed by atoms with Crippen LogP contribution in [0, 0.1) is 11.3 Å². The molecule has 1 fully saturated rings. The largest absolute Gasteiger partial charge is 0.497 e. The molecule has 1 unspecified atom stereocenters. The third kappa shape index (κ3) is 3.46. The van der Waals surface area contributed by atoms with Gasteiger partial charge in [-0.15, -0.1) is 0 Å². The lowest BCUT2D eigenvalue weighted by atomic mass is 10.2. The van der Waals surface area contributed by atoms with E-state index in [-0.39, 0.29) is 18.5 Å². The van der Waals surface area contributed by atoms with E-state index < -0.39 is 0 Å². The Bertz CT molecular complexity index is 478. The van der Waals surface area contributed by atoms with E-state index >= 15 is 0 Å². The van der Waals surface area contributed by atoms with Crippen LogP contribution in [0.3, 0.4) is 0 Å². The standard InChI is InChI=1S/C14H17N3O2/c1-19-13-6-4-11(5-7-13)16-14(18)10-17-8-2-3-12(17)9-15/h4-7,12H,2-3,8,10H2,1H3,(H,16,18). The highest BCUT2D eigenvalue weighted by atomic mass is 16.5. The second-order valence-electron chi connectivity index (χ2n) is 4.53. The Hall–Kier alpha value is -2.06. The number of nitrogens with zero attached hydrogens (tertiary/aromatic N) is 2. The summed E-state index contributed by atoms with van der Waals surface area (Å²) in [6.07, 6.45) is 1.83. The Morgan fingerprint density at radius 3 is 2.89 bits per heavy atom. The minimum atomic E-state index is -0.124. The van der Waals surface area contributed by atoms with Crippen molar-refractivity contribution >= 4 is 11.6 Å². The molecule has 1 aromatic rings. The molecule has 5 nitrogen and oxygen atoms in total. The number of nitrogens with one attached hydrogen (secondary N) is 1. The fraction of sp³-hybridized carbons (Fsp3) is 0.429. The topological polar surface area (TPSA) is 65.4 Å². The van der Waals surface area contributed by atoms with Crippen molar-refractivity contribution in [3.63, 3.8) is 0 Å². The molecule has 0 radical (unpaired) electrons. The zero-order valence-corrected chi connectivity index (χ0v) is 10.9. The maximum absolute atomic E-state index is 11.9. The Balaban J connectivity index is 1.88. The second kappa shape index (κ2) is 6.21. The first-order valence-corrected chi connectivity index (χ1v) is 6.30. The summed E-state index contributed by atoms with van der Waals surface area (Å²) in [4.78, 5) is 13.8. The van der Waals surface area contributed by atoms with Crippen molar-refractivity contribution in [2.24, 2.45) is 0 Å². The van der Waals surface area contributed by atoms with Gasteiger partial charge in [0.15, 0.2) is 0 Å². The van der Waals surface area contributed by atoms with Crippen LogP contribution in [0.2, 0.25) is 0 Å². The number of hydrogen-bond donors (Lipinski definition) is 1. The summed E-state index contributed by atoms with van der Waals surface area (Å²) in [7, 11) is 1.60. The summed E-state index contributed by atoms with van der Waals surface area (Å²) in [5.74, 6) is 0.661. The third-order valence-corrected chi connectivity index (χ3v) is 3.23. The predicted octanol–water partition coefficient (Wildman–Crippen LogP) is 1.62. The van der Waals surface area contributed by atoms with Crippen LogP contribution >= 0.6 is 0 Å². The van der Waals surface area contributed by atoms with E-state index in [2.05, 4.69) is 11.4 Å².